The van der Waals surface area contributed by atoms with E-state index in [2.05, 4.69) is 16.7 Å². The van der Waals surface area contributed by atoms with Crippen molar-refractivity contribution in [2.24, 2.45) is 0 Å². The molecule has 0 bridgehead atoms. The van der Waals surface area contributed by atoms with Crippen LogP contribution in [0.1, 0.15) is 68.4 Å². The van der Waals surface area contributed by atoms with Crippen molar-refractivity contribution in [2.45, 2.75) is 71.0 Å². The minimum absolute atomic E-state index is 0.0321. The molecule has 1 fully saturated rings. The third-order valence-electron chi connectivity index (χ3n) is 8.42. The van der Waals surface area contributed by atoms with Gasteiger partial charge in [0.1, 0.15) is 0 Å². The SMILES string of the molecule is CC1(C)OB(c2c(Cl)ccc3c2CCC(=O)N3)OC1(C)C.N#Cc1ccccc1Cc1c(Cl)ccc2c1CCC(=O)N2. The molecule has 0 spiro atoms. The standard InChI is InChI=1S/C17H13ClN2O.C15H19BClNO3/c18-15-6-7-16-13(5-8-17(21)20-16)14(15)9-11-3-1-2-4-12(11)10-19;1-14(2)15(3,4)21-16(20-14)13-9-5-8-12(19)18-11(9)7-6-10(13)17/h1-4,6-7H,5,8-9H2,(H,20,21);6-7H,5,8H2,1-4H3,(H,18,19). The molecule has 10 heteroatoms. The van der Waals surface area contributed by atoms with Crippen LogP contribution in [-0.2, 0) is 38.2 Å². The van der Waals surface area contributed by atoms with Gasteiger partial charge in [-0.15, -0.1) is 0 Å². The lowest BCUT2D eigenvalue weighted by Crippen LogP contribution is -2.41. The first kappa shape index (κ1) is 30.1. The van der Waals surface area contributed by atoms with Gasteiger partial charge in [0.25, 0.3) is 0 Å². The number of hydrogen-bond acceptors (Lipinski definition) is 5. The Labute approximate surface area is 256 Å². The molecule has 0 saturated carbocycles. The fourth-order valence-corrected chi connectivity index (χ4v) is 5.88. The highest BCUT2D eigenvalue weighted by atomic mass is 35.5. The Kier molecular flexibility index (Phi) is 8.42. The monoisotopic (exact) mass is 603 g/mol. The summed E-state index contributed by atoms with van der Waals surface area (Å²) < 4.78 is 12.2. The average Bonchev–Trinajstić information content (AvgIpc) is 3.16. The van der Waals surface area contributed by atoms with Gasteiger partial charge >= 0.3 is 7.12 Å². The fraction of sp³-hybridized carbons (Fsp3) is 0.344. The zero-order valence-electron chi connectivity index (χ0n) is 24.1. The first-order valence-electron chi connectivity index (χ1n) is 13.9. The molecule has 1 saturated heterocycles. The second kappa shape index (κ2) is 11.7. The lowest BCUT2D eigenvalue weighted by Gasteiger charge is -2.32. The Bertz CT molecular complexity index is 1600. The van der Waals surface area contributed by atoms with Crippen LogP contribution in [0.5, 0.6) is 0 Å². The van der Waals surface area contributed by atoms with Gasteiger partial charge in [-0.3, -0.25) is 9.59 Å². The first-order chi connectivity index (χ1) is 19.9. The molecule has 7 nitrogen and oxygen atoms in total. The molecule has 42 heavy (non-hydrogen) atoms. The van der Waals surface area contributed by atoms with Crippen molar-refractivity contribution in [2.75, 3.05) is 10.6 Å². The summed E-state index contributed by atoms with van der Waals surface area (Å²) in [5, 5.41) is 16.3. The number of rotatable bonds is 3. The van der Waals surface area contributed by atoms with Crippen molar-refractivity contribution >= 4 is 59.0 Å². The Morgan fingerprint density at radius 3 is 1.98 bits per heavy atom. The van der Waals surface area contributed by atoms with E-state index in [1.807, 2.05) is 58.0 Å². The second-order valence-corrected chi connectivity index (χ2v) is 12.5. The van der Waals surface area contributed by atoms with Crippen molar-refractivity contribution in [1.29, 1.82) is 5.26 Å². The summed E-state index contributed by atoms with van der Waals surface area (Å²) in [7, 11) is -0.507. The molecule has 6 rings (SSSR count). The van der Waals surface area contributed by atoms with Crippen LogP contribution in [0, 0.1) is 11.3 Å². The van der Waals surface area contributed by atoms with Gasteiger partial charge in [0.05, 0.1) is 22.8 Å². The van der Waals surface area contributed by atoms with Crippen LogP contribution in [0.15, 0.2) is 48.5 Å². The number of fused-ring (bicyclic) bond motifs is 2. The van der Waals surface area contributed by atoms with Crippen LogP contribution in [-0.4, -0.2) is 30.1 Å². The van der Waals surface area contributed by atoms with E-state index in [1.54, 1.807) is 18.2 Å². The molecule has 2 N–H and O–H groups in total. The van der Waals surface area contributed by atoms with Crippen LogP contribution < -0.4 is 16.1 Å². The molecule has 0 unspecified atom stereocenters. The average molecular weight is 604 g/mol. The highest BCUT2D eigenvalue weighted by Crippen LogP contribution is 2.38. The Hall–Kier alpha value is -3.35. The number of nitrogens with zero attached hydrogens (tertiary/aromatic N) is 1. The van der Waals surface area contributed by atoms with Gasteiger partial charge in [0.15, 0.2) is 0 Å². The van der Waals surface area contributed by atoms with Crippen LogP contribution in [0.4, 0.5) is 11.4 Å². The topological polar surface area (TPSA) is 100 Å². The van der Waals surface area contributed by atoms with Crippen LogP contribution in [0.25, 0.3) is 0 Å². The van der Waals surface area contributed by atoms with E-state index >= 15 is 0 Å². The van der Waals surface area contributed by atoms with E-state index in [0.29, 0.717) is 47.7 Å². The van der Waals surface area contributed by atoms with Crippen molar-refractivity contribution in [3.8, 4) is 6.07 Å². The van der Waals surface area contributed by atoms with Crippen molar-refractivity contribution in [1.82, 2.24) is 0 Å². The summed E-state index contributed by atoms with van der Waals surface area (Å²) in [6, 6.07) is 17.0. The van der Waals surface area contributed by atoms with Gasteiger partial charge in [-0.1, -0.05) is 41.4 Å². The number of hydrogen-bond donors (Lipinski definition) is 2. The number of anilines is 2. The summed E-state index contributed by atoms with van der Waals surface area (Å²) in [4.78, 5) is 23.0. The van der Waals surface area contributed by atoms with Gasteiger partial charge in [-0.2, -0.15) is 5.26 Å². The molecule has 0 aliphatic carbocycles. The van der Waals surface area contributed by atoms with E-state index in [4.69, 9.17) is 32.5 Å². The third kappa shape index (κ3) is 5.93. The number of carbonyl (C=O) groups is 2. The molecule has 0 atom stereocenters. The van der Waals surface area contributed by atoms with E-state index in [0.717, 1.165) is 39.1 Å². The summed E-state index contributed by atoms with van der Waals surface area (Å²) in [6.07, 6.45) is 2.87. The Balaban J connectivity index is 0.000000168. The van der Waals surface area contributed by atoms with E-state index < -0.39 is 18.3 Å². The number of halogens is 2. The molecular formula is C32H32BCl2N3O4. The summed E-state index contributed by atoms with van der Waals surface area (Å²) in [5.41, 5.74) is 6.35. The molecule has 3 aliphatic heterocycles. The molecule has 216 valence electrons. The molecule has 0 radical (unpaired) electrons. The van der Waals surface area contributed by atoms with Crippen molar-refractivity contribution in [3.05, 3.63) is 86.4 Å². The number of nitriles is 1. The third-order valence-corrected chi connectivity index (χ3v) is 9.11. The molecular weight excluding hydrogens is 572 g/mol. The maximum absolute atomic E-state index is 11.5. The normalized spacial score (nSPS) is 18.1. The number of amides is 2. The minimum atomic E-state index is -0.507. The van der Waals surface area contributed by atoms with Gasteiger partial charge in [0.2, 0.25) is 11.8 Å². The number of carbonyl (C=O) groups excluding carboxylic acids is 2. The maximum Gasteiger partial charge on any atom is 0.496 e. The summed E-state index contributed by atoms with van der Waals surface area (Å²) in [6.45, 7) is 8.05. The summed E-state index contributed by atoms with van der Waals surface area (Å²) in [5.74, 6) is 0.0675. The number of benzene rings is 3. The highest BCUT2D eigenvalue weighted by Gasteiger charge is 2.53. The largest absolute Gasteiger partial charge is 0.496 e. The Morgan fingerprint density at radius 1 is 0.810 bits per heavy atom. The quantitative estimate of drug-likeness (QED) is 0.347. The smallest absolute Gasteiger partial charge is 0.399 e. The van der Waals surface area contributed by atoms with Crippen molar-refractivity contribution < 1.29 is 18.9 Å². The van der Waals surface area contributed by atoms with Gasteiger partial charge < -0.3 is 19.9 Å². The Morgan fingerprint density at radius 2 is 1.36 bits per heavy atom. The molecule has 3 heterocycles. The molecule has 3 aromatic rings. The zero-order chi connectivity index (χ0) is 30.2. The first-order valence-corrected chi connectivity index (χ1v) is 14.7. The molecule has 0 aromatic heterocycles. The minimum Gasteiger partial charge on any atom is -0.399 e. The van der Waals surface area contributed by atoms with Gasteiger partial charge in [-0.05, 0) is 93.1 Å². The predicted octanol–water partition coefficient (Wildman–Crippen LogP) is 6.21. The predicted molar refractivity (Wildman–Crippen MR) is 166 cm³/mol. The van der Waals surface area contributed by atoms with Gasteiger partial charge in [0, 0.05) is 46.1 Å². The van der Waals surface area contributed by atoms with Crippen LogP contribution in [0.3, 0.4) is 0 Å². The van der Waals surface area contributed by atoms with Gasteiger partial charge in [-0.25, -0.2) is 0 Å². The van der Waals surface area contributed by atoms with E-state index in [1.165, 1.54) is 0 Å². The number of nitrogens with one attached hydrogen (secondary N) is 2. The molecule has 3 aromatic carbocycles. The van der Waals surface area contributed by atoms with Crippen LogP contribution in [0.2, 0.25) is 10.0 Å². The van der Waals surface area contributed by atoms with E-state index in [9.17, 15) is 14.9 Å². The lowest BCUT2D eigenvalue weighted by atomic mass is 9.73. The second-order valence-electron chi connectivity index (χ2n) is 11.7. The summed E-state index contributed by atoms with van der Waals surface area (Å²) >= 11 is 12.7. The van der Waals surface area contributed by atoms with Crippen LogP contribution >= 0.6 is 23.2 Å². The molecule has 2 amide bonds. The fourth-order valence-electron chi connectivity index (χ4n) is 5.37. The highest BCUT2D eigenvalue weighted by molar-refractivity contribution is 6.66. The van der Waals surface area contributed by atoms with Crippen molar-refractivity contribution in [3.63, 3.8) is 0 Å². The molecule has 3 aliphatic rings. The maximum atomic E-state index is 11.5. The lowest BCUT2D eigenvalue weighted by molar-refractivity contribution is -0.117. The zero-order valence-corrected chi connectivity index (χ0v) is 25.6. The van der Waals surface area contributed by atoms with E-state index in [-0.39, 0.29) is 11.8 Å².